The number of hydrogen-bond donors (Lipinski definition) is 2. The van der Waals surface area contributed by atoms with Crippen molar-refractivity contribution in [2.24, 2.45) is 11.1 Å². The van der Waals surface area contributed by atoms with Gasteiger partial charge in [0.25, 0.3) is 5.91 Å². The highest BCUT2D eigenvalue weighted by Gasteiger charge is 2.20. The van der Waals surface area contributed by atoms with Crippen molar-refractivity contribution in [1.82, 2.24) is 10.2 Å². The average Bonchev–Trinajstić information content (AvgIpc) is 2.91. The van der Waals surface area contributed by atoms with Crippen LogP contribution >= 0.6 is 11.3 Å². The van der Waals surface area contributed by atoms with E-state index in [1.807, 2.05) is 19.2 Å². The van der Waals surface area contributed by atoms with Gasteiger partial charge in [-0.2, -0.15) is 11.3 Å². The molecule has 1 aromatic rings. The van der Waals surface area contributed by atoms with Crippen LogP contribution in [0.4, 0.5) is 0 Å². The number of nitrogens with one attached hydrogen (secondary N) is 1. The molecule has 0 aliphatic heterocycles. The predicted octanol–water partition coefficient (Wildman–Crippen LogP) is 1.31. The fourth-order valence-corrected chi connectivity index (χ4v) is 2.40. The standard InChI is InChI=1S/C14H23N3O2S/c1-14(2,9-15)10-17(3)12(18)4-6-16-13(19)11-5-7-20-8-11/h5,7-8H,4,6,9-10,15H2,1-3H3,(H,16,19). The number of carbonyl (C=O) groups excluding carboxylic acids is 2. The normalized spacial score (nSPS) is 11.2. The molecule has 1 rings (SSSR count). The molecule has 0 bridgehead atoms. The maximum Gasteiger partial charge on any atom is 0.252 e. The monoisotopic (exact) mass is 297 g/mol. The fourth-order valence-electron chi connectivity index (χ4n) is 1.76. The van der Waals surface area contributed by atoms with E-state index in [9.17, 15) is 9.59 Å². The molecule has 20 heavy (non-hydrogen) atoms. The average molecular weight is 297 g/mol. The fraction of sp³-hybridized carbons (Fsp3) is 0.571. The summed E-state index contributed by atoms with van der Waals surface area (Å²) in [4.78, 5) is 25.3. The van der Waals surface area contributed by atoms with Gasteiger partial charge < -0.3 is 16.0 Å². The summed E-state index contributed by atoms with van der Waals surface area (Å²) in [7, 11) is 1.76. The lowest BCUT2D eigenvalue weighted by molar-refractivity contribution is -0.130. The molecule has 112 valence electrons. The Morgan fingerprint density at radius 1 is 1.45 bits per heavy atom. The molecule has 0 aliphatic rings. The summed E-state index contributed by atoms with van der Waals surface area (Å²) in [6.07, 6.45) is 0.299. The minimum Gasteiger partial charge on any atom is -0.351 e. The summed E-state index contributed by atoms with van der Waals surface area (Å²) in [5.41, 5.74) is 6.20. The third-order valence-corrected chi connectivity index (χ3v) is 3.73. The van der Waals surface area contributed by atoms with Crippen LogP contribution in [0, 0.1) is 5.41 Å². The molecule has 0 aliphatic carbocycles. The molecule has 0 aromatic carbocycles. The van der Waals surface area contributed by atoms with Gasteiger partial charge in [-0.05, 0) is 23.4 Å². The molecule has 1 aromatic heterocycles. The number of thiophene rings is 1. The molecule has 1 heterocycles. The quantitative estimate of drug-likeness (QED) is 0.797. The number of nitrogens with zero attached hydrogens (tertiary/aromatic N) is 1. The van der Waals surface area contributed by atoms with Crippen molar-refractivity contribution in [2.75, 3.05) is 26.7 Å². The number of hydrogen-bond acceptors (Lipinski definition) is 4. The Bertz CT molecular complexity index is 443. The van der Waals surface area contributed by atoms with E-state index in [1.165, 1.54) is 11.3 Å². The summed E-state index contributed by atoms with van der Waals surface area (Å²) < 4.78 is 0. The number of nitrogens with two attached hydrogens (primary N) is 1. The van der Waals surface area contributed by atoms with Crippen molar-refractivity contribution < 1.29 is 9.59 Å². The molecule has 0 unspecified atom stereocenters. The summed E-state index contributed by atoms with van der Waals surface area (Å²) in [5.74, 6) is -0.124. The van der Waals surface area contributed by atoms with Crippen LogP contribution in [-0.2, 0) is 4.79 Å². The van der Waals surface area contributed by atoms with E-state index >= 15 is 0 Å². The van der Waals surface area contributed by atoms with Crippen molar-refractivity contribution in [2.45, 2.75) is 20.3 Å². The Morgan fingerprint density at radius 3 is 2.70 bits per heavy atom. The van der Waals surface area contributed by atoms with Gasteiger partial charge in [0.2, 0.25) is 5.91 Å². The second-order valence-corrected chi connectivity index (χ2v) is 6.42. The molecule has 0 saturated heterocycles. The highest BCUT2D eigenvalue weighted by Crippen LogP contribution is 2.14. The molecule has 0 radical (unpaired) electrons. The second-order valence-electron chi connectivity index (χ2n) is 5.64. The van der Waals surface area contributed by atoms with Crippen LogP contribution in [0.15, 0.2) is 16.8 Å². The molecule has 0 spiro atoms. The largest absolute Gasteiger partial charge is 0.351 e. The second kappa shape index (κ2) is 7.40. The highest BCUT2D eigenvalue weighted by molar-refractivity contribution is 7.08. The Morgan fingerprint density at radius 2 is 2.15 bits per heavy atom. The van der Waals surface area contributed by atoms with E-state index in [4.69, 9.17) is 5.73 Å². The lowest BCUT2D eigenvalue weighted by Crippen LogP contribution is -2.40. The van der Waals surface area contributed by atoms with Gasteiger partial charge in [-0.15, -0.1) is 0 Å². The topological polar surface area (TPSA) is 75.4 Å². The summed E-state index contributed by atoms with van der Waals surface area (Å²) >= 11 is 1.47. The van der Waals surface area contributed by atoms with Crippen LogP contribution in [0.5, 0.6) is 0 Å². The van der Waals surface area contributed by atoms with Gasteiger partial charge in [-0.3, -0.25) is 9.59 Å². The third-order valence-electron chi connectivity index (χ3n) is 3.05. The lowest BCUT2D eigenvalue weighted by atomic mass is 9.93. The zero-order valence-corrected chi connectivity index (χ0v) is 13.1. The minimum atomic E-state index is -0.135. The summed E-state index contributed by atoms with van der Waals surface area (Å²) in [6, 6.07) is 1.76. The van der Waals surface area contributed by atoms with E-state index in [0.717, 1.165) is 0 Å². The number of carbonyl (C=O) groups is 2. The third kappa shape index (κ3) is 5.30. The Kier molecular flexibility index (Phi) is 6.16. The maximum absolute atomic E-state index is 11.9. The Labute approximate surface area is 124 Å². The van der Waals surface area contributed by atoms with E-state index < -0.39 is 0 Å². The molecule has 2 amide bonds. The van der Waals surface area contributed by atoms with Gasteiger partial charge in [-0.1, -0.05) is 13.8 Å². The van der Waals surface area contributed by atoms with E-state index in [2.05, 4.69) is 5.32 Å². The summed E-state index contributed by atoms with van der Waals surface area (Å²) in [5, 5.41) is 6.38. The minimum absolute atomic E-state index is 0.0112. The van der Waals surface area contributed by atoms with E-state index in [-0.39, 0.29) is 17.2 Å². The predicted molar refractivity (Wildman–Crippen MR) is 81.7 cm³/mol. The van der Waals surface area contributed by atoms with Crippen molar-refractivity contribution >= 4 is 23.2 Å². The van der Waals surface area contributed by atoms with Crippen LogP contribution in [0.1, 0.15) is 30.6 Å². The smallest absolute Gasteiger partial charge is 0.252 e. The molecule has 6 heteroatoms. The van der Waals surface area contributed by atoms with Gasteiger partial charge in [-0.25, -0.2) is 0 Å². The highest BCUT2D eigenvalue weighted by atomic mass is 32.1. The Hall–Kier alpha value is -1.40. The van der Waals surface area contributed by atoms with Crippen LogP contribution in [-0.4, -0.2) is 43.4 Å². The van der Waals surface area contributed by atoms with Crippen molar-refractivity contribution in [3.8, 4) is 0 Å². The van der Waals surface area contributed by atoms with Gasteiger partial charge in [0, 0.05) is 37.5 Å². The molecule has 5 nitrogen and oxygen atoms in total. The van der Waals surface area contributed by atoms with Crippen molar-refractivity contribution in [3.63, 3.8) is 0 Å². The van der Waals surface area contributed by atoms with Gasteiger partial charge in [0.15, 0.2) is 0 Å². The van der Waals surface area contributed by atoms with Crippen LogP contribution in [0.25, 0.3) is 0 Å². The lowest BCUT2D eigenvalue weighted by Gasteiger charge is -2.29. The molecule has 3 N–H and O–H groups in total. The summed E-state index contributed by atoms with van der Waals surface area (Å²) in [6.45, 7) is 5.53. The van der Waals surface area contributed by atoms with Gasteiger partial charge >= 0.3 is 0 Å². The molecular weight excluding hydrogens is 274 g/mol. The number of rotatable bonds is 7. The molecule has 0 saturated carbocycles. The van der Waals surface area contributed by atoms with Crippen LogP contribution in [0.3, 0.4) is 0 Å². The van der Waals surface area contributed by atoms with Crippen molar-refractivity contribution in [1.29, 1.82) is 0 Å². The molecule has 0 fully saturated rings. The molecular formula is C14H23N3O2S. The number of amides is 2. The zero-order chi connectivity index (χ0) is 15.2. The van der Waals surface area contributed by atoms with Crippen LogP contribution in [0.2, 0.25) is 0 Å². The van der Waals surface area contributed by atoms with Crippen molar-refractivity contribution in [3.05, 3.63) is 22.4 Å². The SMILES string of the molecule is CN(CC(C)(C)CN)C(=O)CCNC(=O)c1ccsc1. The first-order valence-electron chi connectivity index (χ1n) is 6.60. The molecule has 0 atom stereocenters. The first kappa shape index (κ1) is 16.7. The van der Waals surface area contributed by atoms with Gasteiger partial charge in [0.1, 0.15) is 0 Å². The first-order chi connectivity index (χ1) is 9.35. The zero-order valence-electron chi connectivity index (χ0n) is 12.3. The van der Waals surface area contributed by atoms with E-state index in [1.54, 1.807) is 23.4 Å². The Balaban J connectivity index is 2.31. The van der Waals surface area contributed by atoms with Crippen LogP contribution < -0.4 is 11.1 Å². The maximum atomic E-state index is 11.9. The van der Waals surface area contributed by atoms with E-state index in [0.29, 0.717) is 31.6 Å². The first-order valence-corrected chi connectivity index (χ1v) is 7.54. The van der Waals surface area contributed by atoms with Gasteiger partial charge in [0.05, 0.1) is 0 Å².